The smallest absolute Gasteiger partial charge is 0.338 e. The Morgan fingerprint density at radius 3 is 2.55 bits per heavy atom. The highest BCUT2D eigenvalue weighted by Gasteiger charge is 2.19. The maximum atomic E-state index is 11.8. The summed E-state index contributed by atoms with van der Waals surface area (Å²) in [5.41, 5.74) is 0.112. The summed E-state index contributed by atoms with van der Waals surface area (Å²) in [5.74, 6) is 0.0132. The predicted molar refractivity (Wildman–Crippen MR) is 66.0 cm³/mol. The Labute approximate surface area is 113 Å². The van der Waals surface area contributed by atoms with Crippen molar-refractivity contribution in [2.24, 2.45) is 0 Å². The third-order valence-electron chi connectivity index (χ3n) is 2.49. The number of carbonyl (C=O) groups is 1. The van der Waals surface area contributed by atoms with Gasteiger partial charge in [-0.25, -0.2) is 4.79 Å². The number of carbonyl (C=O) groups excluding carboxylic acids is 1. The molecular weight excluding hydrogens is 266 g/mol. The van der Waals surface area contributed by atoms with E-state index in [4.69, 9.17) is 9.26 Å². The summed E-state index contributed by atoms with van der Waals surface area (Å²) in [6, 6.07) is 5.12. The fraction of sp³-hybridized carbons (Fsp3) is 0.250. The first-order valence-electron chi connectivity index (χ1n) is 5.73. The van der Waals surface area contributed by atoms with Crippen molar-refractivity contribution < 1.29 is 19.0 Å². The lowest BCUT2D eigenvalue weighted by atomic mass is 10.2. The standard InChI is InChI=1S/C12H11N3O5/c1-7(11-13-8(2)14-20-11)19-12(16)9-3-5-10(6-4-9)15(17)18/h3-7H,1-2H3/t7-/m0/s1. The molecule has 1 atom stereocenters. The van der Waals surface area contributed by atoms with Crippen LogP contribution >= 0.6 is 0 Å². The van der Waals surface area contributed by atoms with Crippen LogP contribution in [0.2, 0.25) is 0 Å². The molecule has 2 aromatic rings. The zero-order valence-electron chi connectivity index (χ0n) is 10.8. The summed E-state index contributed by atoms with van der Waals surface area (Å²) >= 11 is 0. The second-order valence-electron chi connectivity index (χ2n) is 4.03. The number of nitrogens with zero attached hydrogens (tertiary/aromatic N) is 3. The summed E-state index contributed by atoms with van der Waals surface area (Å²) in [4.78, 5) is 25.8. The highest BCUT2D eigenvalue weighted by Crippen LogP contribution is 2.18. The molecular formula is C12H11N3O5. The van der Waals surface area contributed by atoms with Gasteiger partial charge in [0, 0.05) is 12.1 Å². The van der Waals surface area contributed by atoms with Crippen LogP contribution in [0.3, 0.4) is 0 Å². The van der Waals surface area contributed by atoms with Crippen molar-refractivity contribution in [2.75, 3.05) is 0 Å². The van der Waals surface area contributed by atoms with Gasteiger partial charge in [-0.2, -0.15) is 4.98 Å². The Morgan fingerprint density at radius 2 is 2.05 bits per heavy atom. The minimum absolute atomic E-state index is 0.0953. The number of hydrogen-bond acceptors (Lipinski definition) is 7. The molecule has 8 heteroatoms. The molecule has 0 aliphatic heterocycles. The summed E-state index contributed by atoms with van der Waals surface area (Å²) in [6.45, 7) is 3.24. The van der Waals surface area contributed by atoms with Gasteiger partial charge in [-0.15, -0.1) is 0 Å². The van der Waals surface area contributed by atoms with Gasteiger partial charge >= 0.3 is 5.97 Å². The average Bonchev–Trinajstić information content (AvgIpc) is 2.85. The molecule has 0 saturated heterocycles. The Bertz CT molecular complexity index is 635. The van der Waals surface area contributed by atoms with Crippen LogP contribution < -0.4 is 0 Å². The van der Waals surface area contributed by atoms with Gasteiger partial charge < -0.3 is 9.26 Å². The molecule has 1 aromatic carbocycles. The van der Waals surface area contributed by atoms with E-state index in [1.54, 1.807) is 13.8 Å². The Kier molecular flexibility index (Phi) is 3.74. The van der Waals surface area contributed by atoms with Crippen LogP contribution in [0.25, 0.3) is 0 Å². The molecule has 0 amide bonds. The SMILES string of the molecule is Cc1noc([C@H](C)OC(=O)c2ccc([N+](=O)[O-])cc2)n1. The van der Waals surface area contributed by atoms with Crippen molar-refractivity contribution in [3.8, 4) is 0 Å². The first kappa shape index (κ1) is 13.7. The molecule has 2 rings (SSSR count). The maximum absolute atomic E-state index is 11.8. The molecule has 0 aliphatic rings. The number of nitro benzene ring substituents is 1. The summed E-state index contributed by atoms with van der Waals surface area (Å²) in [5, 5.41) is 14.1. The van der Waals surface area contributed by atoms with E-state index in [9.17, 15) is 14.9 Å². The number of aromatic nitrogens is 2. The molecule has 0 fully saturated rings. The minimum atomic E-state index is -0.695. The van der Waals surface area contributed by atoms with Crippen molar-refractivity contribution in [1.29, 1.82) is 0 Å². The Hall–Kier alpha value is -2.77. The van der Waals surface area contributed by atoms with E-state index >= 15 is 0 Å². The second-order valence-corrected chi connectivity index (χ2v) is 4.03. The first-order chi connectivity index (χ1) is 9.47. The predicted octanol–water partition coefficient (Wildman–Crippen LogP) is 2.20. The monoisotopic (exact) mass is 277 g/mol. The number of nitro groups is 1. The van der Waals surface area contributed by atoms with Crippen molar-refractivity contribution in [1.82, 2.24) is 10.1 Å². The molecule has 0 unspecified atom stereocenters. The number of hydrogen-bond donors (Lipinski definition) is 0. The molecule has 1 aromatic heterocycles. The van der Waals surface area contributed by atoms with Crippen molar-refractivity contribution in [3.63, 3.8) is 0 Å². The van der Waals surface area contributed by atoms with Crippen LogP contribution in [0.1, 0.15) is 35.1 Å². The van der Waals surface area contributed by atoms with E-state index in [1.165, 1.54) is 24.3 Å². The minimum Gasteiger partial charge on any atom is -0.449 e. The van der Waals surface area contributed by atoms with Gasteiger partial charge in [0.05, 0.1) is 10.5 Å². The van der Waals surface area contributed by atoms with Crippen molar-refractivity contribution >= 4 is 11.7 Å². The number of benzene rings is 1. The van der Waals surface area contributed by atoms with Gasteiger partial charge in [0.15, 0.2) is 11.9 Å². The number of ether oxygens (including phenoxy) is 1. The molecule has 0 radical (unpaired) electrons. The molecule has 0 N–H and O–H groups in total. The van der Waals surface area contributed by atoms with E-state index in [1.807, 2.05) is 0 Å². The summed E-state index contributed by atoms with van der Waals surface area (Å²) in [7, 11) is 0. The van der Waals surface area contributed by atoms with E-state index < -0.39 is 17.0 Å². The molecule has 0 aliphatic carbocycles. The van der Waals surface area contributed by atoms with E-state index in [-0.39, 0.29) is 17.1 Å². The van der Waals surface area contributed by atoms with Crippen LogP contribution in [0, 0.1) is 17.0 Å². The van der Waals surface area contributed by atoms with Gasteiger partial charge in [0.1, 0.15) is 0 Å². The molecule has 1 heterocycles. The number of esters is 1. The lowest BCUT2D eigenvalue weighted by Crippen LogP contribution is -2.09. The Balaban J connectivity index is 2.06. The molecule has 0 spiro atoms. The fourth-order valence-corrected chi connectivity index (χ4v) is 1.48. The lowest BCUT2D eigenvalue weighted by molar-refractivity contribution is -0.384. The van der Waals surface area contributed by atoms with Crippen LogP contribution in [-0.4, -0.2) is 21.0 Å². The average molecular weight is 277 g/mol. The lowest BCUT2D eigenvalue weighted by Gasteiger charge is -2.08. The largest absolute Gasteiger partial charge is 0.449 e. The highest BCUT2D eigenvalue weighted by atomic mass is 16.6. The summed E-state index contributed by atoms with van der Waals surface area (Å²) < 4.78 is 10.0. The van der Waals surface area contributed by atoms with E-state index in [0.717, 1.165) is 0 Å². The zero-order chi connectivity index (χ0) is 14.7. The van der Waals surface area contributed by atoms with Crippen LogP contribution in [0.15, 0.2) is 28.8 Å². The molecule has 0 bridgehead atoms. The Morgan fingerprint density at radius 1 is 1.40 bits per heavy atom. The van der Waals surface area contributed by atoms with Gasteiger partial charge in [0.25, 0.3) is 11.6 Å². The molecule has 8 nitrogen and oxygen atoms in total. The van der Waals surface area contributed by atoms with Gasteiger partial charge in [-0.3, -0.25) is 10.1 Å². The van der Waals surface area contributed by atoms with E-state index in [2.05, 4.69) is 10.1 Å². The molecule has 0 saturated carbocycles. The normalized spacial score (nSPS) is 11.9. The van der Waals surface area contributed by atoms with Crippen LogP contribution in [0.4, 0.5) is 5.69 Å². The van der Waals surface area contributed by atoms with E-state index in [0.29, 0.717) is 5.82 Å². The maximum Gasteiger partial charge on any atom is 0.338 e. The van der Waals surface area contributed by atoms with Gasteiger partial charge in [-0.1, -0.05) is 5.16 Å². The van der Waals surface area contributed by atoms with Crippen molar-refractivity contribution in [2.45, 2.75) is 20.0 Å². The fourth-order valence-electron chi connectivity index (χ4n) is 1.48. The van der Waals surface area contributed by atoms with Crippen LogP contribution in [0.5, 0.6) is 0 Å². The quantitative estimate of drug-likeness (QED) is 0.478. The molecule has 20 heavy (non-hydrogen) atoms. The van der Waals surface area contributed by atoms with Gasteiger partial charge in [0.2, 0.25) is 0 Å². The first-order valence-corrected chi connectivity index (χ1v) is 5.73. The number of aryl methyl sites for hydroxylation is 1. The van der Waals surface area contributed by atoms with Crippen molar-refractivity contribution in [3.05, 3.63) is 51.7 Å². The molecule has 104 valence electrons. The number of rotatable bonds is 4. The highest BCUT2D eigenvalue weighted by molar-refractivity contribution is 5.89. The topological polar surface area (TPSA) is 108 Å². The third kappa shape index (κ3) is 2.97. The van der Waals surface area contributed by atoms with Gasteiger partial charge in [-0.05, 0) is 26.0 Å². The van der Waals surface area contributed by atoms with Crippen LogP contribution in [-0.2, 0) is 4.74 Å². The number of non-ortho nitro benzene ring substituents is 1. The second kappa shape index (κ2) is 5.47. The third-order valence-corrected chi connectivity index (χ3v) is 2.49. The summed E-state index contributed by atoms with van der Waals surface area (Å²) in [6.07, 6.45) is -0.695. The zero-order valence-corrected chi connectivity index (χ0v) is 10.8.